The number of aromatic amines is 1. The number of benzene rings is 1. The maximum absolute atomic E-state index is 13.1. The maximum atomic E-state index is 13.1. The van der Waals surface area contributed by atoms with E-state index in [1.807, 2.05) is 0 Å². The van der Waals surface area contributed by atoms with E-state index < -0.39 is 35.6 Å². The molecule has 0 fully saturated rings. The van der Waals surface area contributed by atoms with E-state index >= 15 is 0 Å². The van der Waals surface area contributed by atoms with E-state index in [4.69, 9.17) is 28.9 Å². The summed E-state index contributed by atoms with van der Waals surface area (Å²) in [6, 6.07) is 3.16. The van der Waals surface area contributed by atoms with Gasteiger partial charge in [-0.25, -0.2) is 0 Å². The fraction of sp³-hybridized carbons (Fsp3) is 0.333. The molecular weight excluding hydrogens is 480 g/mol. The maximum Gasteiger partial charge on any atom is 0.450 e. The molecule has 13 heteroatoms. The van der Waals surface area contributed by atoms with Crippen molar-refractivity contribution in [2.24, 2.45) is 5.73 Å². The zero-order valence-corrected chi connectivity index (χ0v) is 18.1. The smallest absolute Gasteiger partial charge is 0.368 e. The second-order valence-electron chi connectivity index (χ2n) is 6.32. The molecule has 0 aliphatic rings. The van der Waals surface area contributed by atoms with Gasteiger partial charge in [0.05, 0.1) is 17.5 Å². The molecule has 2 amide bonds. The highest BCUT2D eigenvalue weighted by molar-refractivity contribution is 7.99. The number of ketones is 1. The summed E-state index contributed by atoms with van der Waals surface area (Å²) in [6.07, 6.45) is -2.04. The molecule has 168 valence electrons. The van der Waals surface area contributed by atoms with E-state index in [1.165, 1.54) is 30.6 Å². The number of Topliss-reactive ketones (excluding diaryl/α,β-unsaturated/α-hetero) is 1. The molecule has 0 unspecified atom stereocenters. The van der Waals surface area contributed by atoms with Crippen LogP contribution in [0.3, 0.4) is 0 Å². The second kappa shape index (κ2) is 10.9. The van der Waals surface area contributed by atoms with Crippen LogP contribution in [0, 0.1) is 0 Å². The van der Waals surface area contributed by atoms with Crippen LogP contribution in [0.5, 0.6) is 0 Å². The average molecular weight is 497 g/mol. The minimum absolute atomic E-state index is 0.0380. The van der Waals surface area contributed by atoms with Crippen LogP contribution in [-0.2, 0) is 9.59 Å². The van der Waals surface area contributed by atoms with Crippen LogP contribution in [-0.4, -0.2) is 51.5 Å². The molecule has 0 spiro atoms. The minimum Gasteiger partial charge on any atom is -0.368 e. The number of carbonyl (C=O) groups excluding carboxylic acids is 3. The van der Waals surface area contributed by atoms with Crippen molar-refractivity contribution in [3.63, 3.8) is 0 Å². The van der Waals surface area contributed by atoms with Gasteiger partial charge in [0.2, 0.25) is 11.7 Å². The van der Waals surface area contributed by atoms with Gasteiger partial charge in [-0.05, 0) is 36.8 Å². The molecule has 31 heavy (non-hydrogen) atoms. The number of nitrogens with zero attached hydrogens (tertiary/aromatic N) is 2. The molecule has 0 radical (unpaired) electrons. The van der Waals surface area contributed by atoms with Gasteiger partial charge in [0.1, 0.15) is 6.04 Å². The largest absolute Gasteiger partial charge is 0.450 e. The van der Waals surface area contributed by atoms with Gasteiger partial charge < -0.3 is 5.73 Å². The zero-order chi connectivity index (χ0) is 23.2. The van der Waals surface area contributed by atoms with E-state index in [0.717, 1.165) is 16.7 Å². The van der Waals surface area contributed by atoms with Crippen LogP contribution in [0.25, 0.3) is 0 Å². The van der Waals surface area contributed by atoms with Gasteiger partial charge in [0.15, 0.2) is 0 Å². The first-order valence-corrected chi connectivity index (χ1v) is 10.7. The first-order valence-electron chi connectivity index (χ1n) is 8.76. The van der Waals surface area contributed by atoms with Crippen molar-refractivity contribution in [3.05, 3.63) is 46.2 Å². The molecule has 0 bridgehead atoms. The predicted molar refractivity (Wildman–Crippen MR) is 112 cm³/mol. The summed E-state index contributed by atoms with van der Waals surface area (Å²) < 4.78 is 36.8. The number of rotatable bonds is 10. The third kappa shape index (κ3) is 7.15. The second-order valence-corrected chi connectivity index (χ2v) is 8.30. The Morgan fingerprint density at radius 3 is 2.35 bits per heavy atom. The molecule has 0 aliphatic carbocycles. The average Bonchev–Trinajstić information content (AvgIpc) is 3.19. The zero-order valence-electron chi connectivity index (χ0n) is 15.8. The summed E-state index contributed by atoms with van der Waals surface area (Å²) in [5.41, 5.74) is 5.89. The van der Waals surface area contributed by atoms with Gasteiger partial charge in [-0.2, -0.15) is 30.0 Å². The Labute approximate surface area is 189 Å². The Morgan fingerprint density at radius 1 is 1.19 bits per heavy atom. The number of hydrogen-bond acceptors (Lipinski definition) is 5. The number of nitrogens with two attached hydrogens (primary N) is 1. The van der Waals surface area contributed by atoms with Crippen LogP contribution in [0.4, 0.5) is 18.9 Å². The lowest BCUT2D eigenvalue weighted by Gasteiger charge is -2.30. The molecule has 2 rings (SSSR count). The standard InChI is InChI=1S/C18H17Cl2F3N4O3S/c19-11-4-12(20)6-13(5-11)27(17(30)10-7-25-26-8-10)14(16(24)29)2-1-3-31-9-15(28)18(21,22)23/h4-8,14H,1-3,9H2,(H2,24,29)(H,25,26)/t14-/m0/s1. The summed E-state index contributed by atoms with van der Waals surface area (Å²) in [5, 5.41) is 6.65. The van der Waals surface area contributed by atoms with Crippen LogP contribution in [0.15, 0.2) is 30.6 Å². The van der Waals surface area contributed by atoms with E-state index in [1.54, 1.807) is 0 Å². The Morgan fingerprint density at radius 2 is 1.84 bits per heavy atom. The van der Waals surface area contributed by atoms with Crippen molar-refractivity contribution in [1.82, 2.24) is 10.2 Å². The Kier molecular flexibility index (Phi) is 8.78. The van der Waals surface area contributed by atoms with Gasteiger partial charge in [-0.15, -0.1) is 0 Å². The normalized spacial score (nSPS) is 12.4. The fourth-order valence-corrected chi connectivity index (χ4v) is 4.03. The van der Waals surface area contributed by atoms with E-state index in [9.17, 15) is 27.6 Å². The number of alkyl halides is 3. The summed E-state index contributed by atoms with van der Waals surface area (Å²) in [4.78, 5) is 37.3. The van der Waals surface area contributed by atoms with Crippen molar-refractivity contribution < 1.29 is 27.6 Å². The molecule has 0 aliphatic heterocycles. The van der Waals surface area contributed by atoms with E-state index in [2.05, 4.69) is 10.2 Å². The van der Waals surface area contributed by atoms with Crippen molar-refractivity contribution in [3.8, 4) is 0 Å². The molecule has 1 atom stereocenters. The van der Waals surface area contributed by atoms with Gasteiger partial charge in [0.25, 0.3) is 5.91 Å². The first-order chi connectivity index (χ1) is 14.5. The van der Waals surface area contributed by atoms with Crippen LogP contribution in [0.1, 0.15) is 23.2 Å². The molecule has 1 heterocycles. The Bertz CT molecular complexity index is 921. The number of aromatic nitrogens is 2. The quantitative estimate of drug-likeness (QED) is 0.485. The van der Waals surface area contributed by atoms with E-state index in [-0.39, 0.29) is 39.9 Å². The molecular formula is C18H17Cl2F3N4O3S. The number of primary amides is 1. The molecule has 1 aromatic heterocycles. The van der Waals surface area contributed by atoms with Crippen LogP contribution < -0.4 is 10.6 Å². The van der Waals surface area contributed by atoms with Crippen molar-refractivity contribution in [1.29, 1.82) is 0 Å². The fourth-order valence-electron chi connectivity index (χ4n) is 2.65. The lowest BCUT2D eigenvalue weighted by molar-refractivity contribution is -0.167. The Balaban J connectivity index is 2.19. The Hall–Kier alpha value is -2.24. The molecule has 7 nitrogen and oxygen atoms in total. The van der Waals surface area contributed by atoms with Gasteiger partial charge >= 0.3 is 6.18 Å². The monoisotopic (exact) mass is 496 g/mol. The highest BCUT2D eigenvalue weighted by Crippen LogP contribution is 2.29. The molecule has 2 aromatic rings. The number of halogens is 5. The molecule has 0 saturated heterocycles. The van der Waals surface area contributed by atoms with Gasteiger partial charge in [-0.1, -0.05) is 23.2 Å². The lowest BCUT2D eigenvalue weighted by atomic mass is 10.1. The lowest BCUT2D eigenvalue weighted by Crippen LogP contribution is -2.48. The number of thioether (sulfide) groups is 1. The summed E-state index contributed by atoms with van der Waals surface area (Å²) in [6.45, 7) is 0. The highest BCUT2D eigenvalue weighted by atomic mass is 35.5. The molecule has 1 aromatic carbocycles. The molecule has 3 N–H and O–H groups in total. The van der Waals surface area contributed by atoms with Gasteiger partial charge in [0, 0.05) is 21.9 Å². The molecule has 0 saturated carbocycles. The van der Waals surface area contributed by atoms with Crippen LogP contribution in [0.2, 0.25) is 10.0 Å². The number of anilines is 1. The first kappa shape index (κ1) is 25.0. The minimum atomic E-state index is -4.89. The third-order valence-electron chi connectivity index (χ3n) is 4.05. The number of H-pyrrole nitrogens is 1. The van der Waals surface area contributed by atoms with Crippen molar-refractivity contribution >= 4 is 58.2 Å². The summed E-state index contributed by atoms with van der Waals surface area (Å²) >= 11 is 12.8. The number of hydrogen-bond donors (Lipinski definition) is 2. The van der Waals surface area contributed by atoms with E-state index in [0.29, 0.717) is 0 Å². The van der Waals surface area contributed by atoms with Gasteiger partial charge in [-0.3, -0.25) is 24.4 Å². The number of carbonyl (C=O) groups is 3. The number of amides is 2. The topological polar surface area (TPSA) is 109 Å². The summed E-state index contributed by atoms with van der Waals surface area (Å²) in [7, 11) is 0. The van der Waals surface area contributed by atoms with Crippen LogP contribution >= 0.6 is 35.0 Å². The number of nitrogens with one attached hydrogen (secondary N) is 1. The highest BCUT2D eigenvalue weighted by Gasteiger charge is 2.37. The van der Waals surface area contributed by atoms with Crippen molar-refractivity contribution in [2.75, 3.05) is 16.4 Å². The van der Waals surface area contributed by atoms with Crippen molar-refractivity contribution in [2.45, 2.75) is 25.1 Å². The third-order valence-corrected chi connectivity index (χ3v) is 5.53. The summed E-state index contributed by atoms with van der Waals surface area (Å²) in [5.74, 6) is -3.85. The predicted octanol–water partition coefficient (Wildman–Crippen LogP) is 3.86. The SMILES string of the molecule is NC(=O)[C@H](CCCSCC(=O)C(F)(F)F)N(C(=O)c1cn[nH]c1)c1cc(Cl)cc(Cl)c1.